The van der Waals surface area contributed by atoms with Crippen LogP contribution in [0.2, 0.25) is 0 Å². The summed E-state index contributed by atoms with van der Waals surface area (Å²) in [4.78, 5) is 1.07. The number of hydrogen-bond donors (Lipinski definition) is 1. The molecule has 0 atom stereocenters. The second-order valence-corrected chi connectivity index (χ2v) is 5.13. The maximum atomic E-state index is 5.84. The number of aromatic nitrogens is 3. The maximum Gasteiger partial charge on any atom is 0.200 e. The summed E-state index contributed by atoms with van der Waals surface area (Å²) in [6, 6.07) is 11.8. The fraction of sp³-hybridized carbons (Fsp3) is 0.0769. The van der Waals surface area contributed by atoms with Gasteiger partial charge < -0.3 is 5.73 Å². The minimum atomic E-state index is 0.770. The summed E-state index contributed by atoms with van der Waals surface area (Å²) in [7, 11) is 0. The molecule has 0 unspecified atom stereocenters. The van der Waals surface area contributed by atoms with Crippen molar-refractivity contribution >= 4 is 23.1 Å². The molecule has 5 heteroatoms. The largest absolute Gasteiger partial charge is 0.399 e. The summed E-state index contributed by atoms with van der Waals surface area (Å²) < 4.78 is 1.96. The van der Waals surface area contributed by atoms with Crippen molar-refractivity contribution in [2.24, 2.45) is 0 Å². The van der Waals surface area contributed by atoms with Gasteiger partial charge in [-0.25, -0.2) is 0 Å². The van der Waals surface area contributed by atoms with Crippen molar-refractivity contribution in [3.8, 4) is 0 Å². The zero-order chi connectivity index (χ0) is 12.5. The molecular formula is C13H12N4S. The van der Waals surface area contributed by atoms with Crippen LogP contribution in [0.3, 0.4) is 0 Å². The molecule has 0 saturated carbocycles. The molecule has 0 aliphatic carbocycles. The number of aryl methyl sites for hydroxylation is 1. The highest BCUT2D eigenvalue weighted by atomic mass is 32.2. The van der Waals surface area contributed by atoms with Crippen LogP contribution in [0.1, 0.15) is 5.56 Å². The minimum absolute atomic E-state index is 0.770. The third-order valence-corrected chi connectivity index (χ3v) is 3.50. The number of rotatable bonds is 2. The molecule has 0 radical (unpaired) electrons. The Kier molecular flexibility index (Phi) is 2.68. The standard InChI is InChI=1S/C13H12N4S/c1-9-6-10(14)8-11(7-9)18-13-16-15-12-4-2-3-5-17(12)13/h2-8H,14H2,1H3. The van der Waals surface area contributed by atoms with Crippen molar-refractivity contribution in [1.82, 2.24) is 14.6 Å². The molecule has 0 aliphatic heterocycles. The first-order valence-corrected chi connectivity index (χ1v) is 6.39. The van der Waals surface area contributed by atoms with Gasteiger partial charge in [0.2, 0.25) is 0 Å². The number of nitrogens with two attached hydrogens (primary N) is 1. The topological polar surface area (TPSA) is 56.2 Å². The maximum absolute atomic E-state index is 5.84. The van der Waals surface area contributed by atoms with Gasteiger partial charge in [-0.05, 0) is 54.6 Å². The second-order valence-electron chi connectivity index (χ2n) is 4.09. The molecular weight excluding hydrogens is 244 g/mol. The summed E-state index contributed by atoms with van der Waals surface area (Å²) >= 11 is 1.56. The molecule has 0 aliphatic rings. The number of pyridine rings is 1. The van der Waals surface area contributed by atoms with Crippen LogP contribution in [-0.4, -0.2) is 14.6 Å². The molecule has 3 aromatic rings. The summed E-state index contributed by atoms with van der Waals surface area (Å²) in [5.74, 6) is 0. The lowest BCUT2D eigenvalue weighted by Crippen LogP contribution is -1.89. The van der Waals surface area contributed by atoms with Gasteiger partial charge in [-0.2, -0.15) is 0 Å². The Balaban J connectivity index is 2.01. The Morgan fingerprint density at radius 1 is 1.17 bits per heavy atom. The van der Waals surface area contributed by atoms with Crippen LogP contribution in [0.15, 0.2) is 52.6 Å². The van der Waals surface area contributed by atoms with Crippen molar-refractivity contribution < 1.29 is 0 Å². The molecule has 0 fully saturated rings. The Bertz CT molecular complexity index is 685. The summed E-state index contributed by atoms with van der Waals surface area (Å²) in [6.07, 6.45) is 1.96. The Morgan fingerprint density at radius 2 is 2.06 bits per heavy atom. The van der Waals surface area contributed by atoms with Gasteiger partial charge in [-0.15, -0.1) is 10.2 Å². The lowest BCUT2D eigenvalue weighted by molar-refractivity contribution is 0.921. The monoisotopic (exact) mass is 256 g/mol. The summed E-state index contributed by atoms with van der Waals surface area (Å²) in [6.45, 7) is 2.03. The number of anilines is 1. The quantitative estimate of drug-likeness (QED) is 0.716. The van der Waals surface area contributed by atoms with Crippen molar-refractivity contribution in [2.75, 3.05) is 5.73 Å². The van der Waals surface area contributed by atoms with Crippen LogP contribution in [0.25, 0.3) is 5.65 Å². The van der Waals surface area contributed by atoms with E-state index in [-0.39, 0.29) is 0 Å². The van der Waals surface area contributed by atoms with Crippen LogP contribution in [-0.2, 0) is 0 Å². The van der Waals surface area contributed by atoms with Gasteiger partial charge in [0, 0.05) is 16.8 Å². The minimum Gasteiger partial charge on any atom is -0.399 e. The number of nitrogen functional groups attached to an aromatic ring is 1. The first kappa shape index (κ1) is 11.1. The summed E-state index contributed by atoms with van der Waals surface area (Å²) in [5.41, 5.74) is 8.61. The van der Waals surface area contributed by atoms with Crippen molar-refractivity contribution in [3.05, 3.63) is 48.2 Å². The Hall–Kier alpha value is -2.01. The van der Waals surface area contributed by atoms with E-state index in [0.717, 1.165) is 26.9 Å². The fourth-order valence-corrected chi connectivity index (χ4v) is 2.81. The average molecular weight is 256 g/mol. The van der Waals surface area contributed by atoms with E-state index in [0.29, 0.717) is 0 Å². The van der Waals surface area contributed by atoms with E-state index in [1.54, 1.807) is 11.8 Å². The normalized spacial score (nSPS) is 10.9. The molecule has 4 nitrogen and oxygen atoms in total. The zero-order valence-corrected chi connectivity index (χ0v) is 10.7. The zero-order valence-electron chi connectivity index (χ0n) is 9.87. The molecule has 1 aromatic carbocycles. The molecule has 0 saturated heterocycles. The lowest BCUT2D eigenvalue weighted by atomic mass is 10.2. The van der Waals surface area contributed by atoms with Gasteiger partial charge in [-0.3, -0.25) is 4.40 Å². The highest BCUT2D eigenvalue weighted by Crippen LogP contribution is 2.28. The predicted molar refractivity (Wildman–Crippen MR) is 72.7 cm³/mol. The fourth-order valence-electron chi connectivity index (χ4n) is 1.83. The molecule has 2 N–H and O–H groups in total. The lowest BCUT2D eigenvalue weighted by Gasteiger charge is -2.03. The van der Waals surface area contributed by atoms with Gasteiger partial charge in [-0.1, -0.05) is 6.07 Å². The van der Waals surface area contributed by atoms with Crippen LogP contribution in [0.5, 0.6) is 0 Å². The molecule has 18 heavy (non-hydrogen) atoms. The Morgan fingerprint density at radius 3 is 2.89 bits per heavy atom. The van der Waals surface area contributed by atoms with Gasteiger partial charge in [0.15, 0.2) is 10.8 Å². The first-order valence-electron chi connectivity index (χ1n) is 5.57. The number of benzene rings is 1. The first-order chi connectivity index (χ1) is 8.72. The smallest absolute Gasteiger partial charge is 0.200 e. The molecule has 0 amide bonds. The third kappa shape index (κ3) is 2.04. The highest BCUT2D eigenvalue weighted by molar-refractivity contribution is 7.99. The average Bonchev–Trinajstić information content (AvgIpc) is 2.72. The van der Waals surface area contributed by atoms with Crippen molar-refractivity contribution in [1.29, 1.82) is 0 Å². The van der Waals surface area contributed by atoms with Crippen molar-refractivity contribution in [3.63, 3.8) is 0 Å². The number of hydrogen-bond acceptors (Lipinski definition) is 4. The van der Waals surface area contributed by atoms with E-state index in [1.165, 1.54) is 0 Å². The number of fused-ring (bicyclic) bond motifs is 1. The van der Waals surface area contributed by atoms with Crippen LogP contribution >= 0.6 is 11.8 Å². The van der Waals surface area contributed by atoms with E-state index in [2.05, 4.69) is 16.3 Å². The van der Waals surface area contributed by atoms with Crippen LogP contribution in [0.4, 0.5) is 5.69 Å². The third-order valence-electron chi connectivity index (χ3n) is 2.56. The van der Waals surface area contributed by atoms with E-state index in [1.807, 2.05) is 47.9 Å². The van der Waals surface area contributed by atoms with Gasteiger partial charge in [0.1, 0.15) is 0 Å². The summed E-state index contributed by atoms with van der Waals surface area (Å²) in [5, 5.41) is 9.15. The van der Waals surface area contributed by atoms with E-state index < -0.39 is 0 Å². The number of nitrogens with zero attached hydrogens (tertiary/aromatic N) is 3. The molecule has 3 rings (SSSR count). The van der Waals surface area contributed by atoms with Crippen LogP contribution < -0.4 is 5.73 Å². The van der Waals surface area contributed by atoms with Crippen LogP contribution in [0, 0.1) is 6.92 Å². The molecule has 0 bridgehead atoms. The Labute approximate surface area is 109 Å². The second kappa shape index (κ2) is 4.34. The SMILES string of the molecule is Cc1cc(N)cc(Sc2nnc3ccccn23)c1. The predicted octanol–water partition coefficient (Wildman–Crippen LogP) is 2.77. The van der Waals surface area contributed by atoms with E-state index >= 15 is 0 Å². The molecule has 90 valence electrons. The molecule has 2 heterocycles. The molecule has 0 spiro atoms. The van der Waals surface area contributed by atoms with E-state index in [4.69, 9.17) is 5.73 Å². The van der Waals surface area contributed by atoms with Crippen molar-refractivity contribution in [2.45, 2.75) is 17.0 Å². The van der Waals surface area contributed by atoms with Gasteiger partial charge >= 0.3 is 0 Å². The van der Waals surface area contributed by atoms with E-state index in [9.17, 15) is 0 Å². The van der Waals surface area contributed by atoms with Gasteiger partial charge in [0.05, 0.1) is 0 Å². The molecule has 2 aromatic heterocycles. The highest BCUT2D eigenvalue weighted by Gasteiger charge is 2.07. The van der Waals surface area contributed by atoms with Gasteiger partial charge in [0.25, 0.3) is 0 Å².